The highest BCUT2D eigenvalue weighted by Gasteiger charge is 2.42. The Kier molecular flexibility index (Phi) is 1.84. The number of nitrogens with one attached hydrogen (secondary N) is 1. The highest BCUT2D eigenvalue weighted by molar-refractivity contribution is 5.65. The topological polar surface area (TPSA) is 71.2 Å². The normalized spacial score (nSPS) is 18.2. The van der Waals surface area contributed by atoms with Crippen molar-refractivity contribution in [2.45, 2.75) is 18.4 Å². The fourth-order valence-electron chi connectivity index (χ4n) is 1.27. The van der Waals surface area contributed by atoms with Crippen molar-refractivity contribution in [2.75, 3.05) is 17.7 Å². The van der Waals surface area contributed by atoms with Gasteiger partial charge in [0, 0.05) is 6.20 Å². The van der Waals surface area contributed by atoms with Crippen molar-refractivity contribution < 1.29 is 5.11 Å². The summed E-state index contributed by atoms with van der Waals surface area (Å²) in [7, 11) is 0. The third-order valence-electron chi connectivity index (χ3n) is 2.41. The van der Waals surface area contributed by atoms with Gasteiger partial charge in [-0.2, -0.15) is 0 Å². The molecule has 4 N–H and O–H groups in total. The van der Waals surface area contributed by atoms with E-state index in [1.807, 2.05) is 0 Å². The number of hydrogen-bond acceptors (Lipinski definition) is 4. The Labute approximate surface area is 76.8 Å². The van der Waals surface area contributed by atoms with Crippen LogP contribution in [-0.2, 0) is 0 Å². The van der Waals surface area contributed by atoms with E-state index in [-0.39, 0.29) is 12.1 Å². The number of hydrogen-bond donors (Lipinski definition) is 3. The van der Waals surface area contributed by atoms with Gasteiger partial charge in [0.05, 0.1) is 29.7 Å². The number of anilines is 2. The standard InChI is InChI=1S/C9H13N3O/c10-7-1-4-11-5-8(7)12-9(6-13)2-3-9/h1,4-5,12-13H,2-3,6H2,(H2,10,11). The van der Waals surface area contributed by atoms with E-state index in [4.69, 9.17) is 10.8 Å². The van der Waals surface area contributed by atoms with Gasteiger partial charge in [0.25, 0.3) is 0 Å². The Hall–Kier alpha value is -1.29. The Bertz CT molecular complexity index is 309. The van der Waals surface area contributed by atoms with Crippen LogP contribution < -0.4 is 11.1 Å². The van der Waals surface area contributed by atoms with Crippen molar-refractivity contribution in [3.8, 4) is 0 Å². The molecule has 0 aliphatic heterocycles. The van der Waals surface area contributed by atoms with Crippen molar-refractivity contribution in [2.24, 2.45) is 0 Å². The lowest BCUT2D eigenvalue weighted by atomic mass is 10.2. The zero-order valence-corrected chi connectivity index (χ0v) is 7.33. The first-order valence-electron chi connectivity index (χ1n) is 4.34. The summed E-state index contributed by atoms with van der Waals surface area (Å²) in [5, 5.41) is 12.3. The monoisotopic (exact) mass is 179 g/mol. The minimum Gasteiger partial charge on any atom is -0.397 e. The van der Waals surface area contributed by atoms with Crippen molar-refractivity contribution in [1.82, 2.24) is 4.98 Å². The predicted octanol–water partition coefficient (Wildman–Crippen LogP) is 0.601. The lowest BCUT2D eigenvalue weighted by Crippen LogP contribution is -2.26. The molecule has 0 bridgehead atoms. The maximum absolute atomic E-state index is 9.09. The van der Waals surface area contributed by atoms with Crippen molar-refractivity contribution in [3.05, 3.63) is 18.5 Å². The van der Waals surface area contributed by atoms with Gasteiger partial charge in [-0.05, 0) is 18.9 Å². The first kappa shape index (κ1) is 8.31. The molecule has 2 rings (SSSR count). The SMILES string of the molecule is Nc1ccncc1NC1(CO)CC1. The zero-order chi connectivity index (χ0) is 9.31. The number of aliphatic hydroxyl groups is 1. The molecular formula is C9H13N3O. The lowest BCUT2D eigenvalue weighted by Gasteiger charge is -2.16. The minimum atomic E-state index is -0.128. The number of rotatable bonds is 3. The van der Waals surface area contributed by atoms with Crippen LogP contribution in [0.2, 0.25) is 0 Å². The van der Waals surface area contributed by atoms with Crippen molar-refractivity contribution in [1.29, 1.82) is 0 Å². The number of pyridine rings is 1. The van der Waals surface area contributed by atoms with Gasteiger partial charge >= 0.3 is 0 Å². The molecule has 0 atom stereocenters. The Morgan fingerprint density at radius 2 is 2.38 bits per heavy atom. The van der Waals surface area contributed by atoms with Crippen LogP contribution >= 0.6 is 0 Å². The number of nitrogens with zero attached hydrogens (tertiary/aromatic N) is 1. The van der Waals surface area contributed by atoms with Gasteiger partial charge < -0.3 is 16.2 Å². The van der Waals surface area contributed by atoms with E-state index >= 15 is 0 Å². The second-order valence-electron chi connectivity index (χ2n) is 3.53. The summed E-state index contributed by atoms with van der Waals surface area (Å²) in [6.07, 6.45) is 5.33. The summed E-state index contributed by atoms with van der Waals surface area (Å²) in [6, 6.07) is 1.75. The number of aliphatic hydroxyl groups excluding tert-OH is 1. The summed E-state index contributed by atoms with van der Waals surface area (Å²) in [4.78, 5) is 3.97. The van der Waals surface area contributed by atoms with Crippen LogP contribution in [0.4, 0.5) is 11.4 Å². The van der Waals surface area contributed by atoms with Gasteiger partial charge in [0.2, 0.25) is 0 Å². The summed E-state index contributed by atoms with van der Waals surface area (Å²) >= 11 is 0. The number of nitrogen functional groups attached to an aromatic ring is 1. The fourth-order valence-corrected chi connectivity index (χ4v) is 1.27. The number of nitrogens with two attached hydrogens (primary N) is 1. The molecular weight excluding hydrogens is 166 g/mol. The molecule has 1 aliphatic rings. The van der Waals surface area contributed by atoms with Crippen molar-refractivity contribution in [3.63, 3.8) is 0 Å². The maximum atomic E-state index is 9.09. The highest BCUT2D eigenvalue weighted by Crippen LogP contribution is 2.39. The van der Waals surface area contributed by atoms with E-state index in [9.17, 15) is 0 Å². The van der Waals surface area contributed by atoms with E-state index in [1.165, 1.54) is 0 Å². The predicted molar refractivity (Wildman–Crippen MR) is 51.3 cm³/mol. The van der Waals surface area contributed by atoms with Gasteiger partial charge in [-0.25, -0.2) is 0 Å². The van der Waals surface area contributed by atoms with Crippen LogP contribution in [0.15, 0.2) is 18.5 Å². The fraction of sp³-hybridized carbons (Fsp3) is 0.444. The molecule has 1 heterocycles. The van der Waals surface area contributed by atoms with E-state index in [1.54, 1.807) is 18.5 Å². The molecule has 0 spiro atoms. The van der Waals surface area contributed by atoms with Crippen LogP contribution in [0, 0.1) is 0 Å². The summed E-state index contributed by atoms with van der Waals surface area (Å²) in [5.74, 6) is 0. The molecule has 0 amide bonds. The van der Waals surface area contributed by atoms with Crippen LogP contribution in [0.3, 0.4) is 0 Å². The molecule has 0 radical (unpaired) electrons. The lowest BCUT2D eigenvalue weighted by molar-refractivity contribution is 0.266. The van der Waals surface area contributed by atoms with E-state index in [0.717, 1.165) is 18.5 Å². The van der Waals surface area contributed by atoms with Crippen molar-refractivity contribution >= 4 is 11.4 Å². The first-order valence-corrected chi connectivity index (χ1v) is 4.34. The molecule has 1 fully saturated rings. The second kappa shape index (κ2) is 2.88. The van der Waals surface area contributed by atoms with Gasteiger partial charge in [-0.3, -0.25) is 4.98 Å². The number of aromatic nitrogens is 1. The van der Waals surface area contributed by atoms with Crippen LogP contribution in [0.5, 0.6) is 0 Å². The molecule has 0 unspecified atom stereocenters. The van der Waals surface area contributed by atoms with Gasteiger partial charge in [0.1, 0.15) is 0 Å². The Morgan fingerprint density at radius 1 is 1.62 bits per heavy atom. The maximum Gasteiger partial charge on any atom is 0.0765 e. The van der Waals surface area contributed by atoms with Crippen LogP contribution in [0.1, 0.15) is 12.8 Å². The molecule has 13 heavy (non-hydrogen) atoms. The Balaban J connectivity index is 2.14. The third kappa shape index (κ3) is 1.58. The molecule has 1 aliphatic carbocycles. The molecule has 0 saturated heterocycles. The highest BCUT2D eigenvalue weighted by atomic mass is 16.3. The van der Waals surface area contributed by atoms with E-state index in [2.05, 4.69) is 10.3 Å². The molecule has 4 nitrogen and oxygen atoms in total. The average Bonchev–Trinajstić information content (AvgIpc) is 2.90. The van der Waals surface area contributed by atoms with Gasteiger partial charge in [0.15, 0.2) is 0 Å². The van der Waals surface area contributed by atoms with Crippen LogP contribution in [0.25, 0.3) is 0 Å². The average molecular weight is 179 g/mol. The molecule has 4 heteroatoms. The molecule has 1 aromatic heterocycles. The summed E-state index contributed by atoms with van der Waals surface area (Å²) in [6.45, 7) is 0.154. The quantitative estimate of drug-likeness (QED) is 0.635. The molecule has 70 valence electrons. The first-order chi connectivity index (χ1) is 6.26. The smallest absolute Gasteiger partial charge is 0.0765 e. The van der Waals surface area contributed by atoms with Crippen LogP contribution in [-0.4, -0.2) is 22.2 Å². The van der Waals surface area contributed by atoms with Gasteiger partial charge in [-0.1, -0.05) is 0 Å². The molecule has 1 aromatic rings. The largest absolute Gasteiger partial charge is 0.397 e. The molecule has 1 saturated carbocycles. The molecule has 0 aromatic carbocycles. The third-order valence-corrected chi connectivity index (χ3v) is 2.41. The Morgan fingerprint density at radius 3 is 2.92 bits per heavy atom. The van der Waals surface area contributed by atoms with E-state index in [0.29, 0.717) is 5.69 Å². The zero-order valence-electron chi connectivity index (χ0n) is 7.33. The summed E-state index contributed by atoms with van der Waals surface area (Å²) in [5.41, 5.74) is 7.09. The second-order valence-corrected chi connectivity index (χ2v) is 3.53. The summed E-state index contributed by atoms with van der Waals surface area (Å²) < 4.78 is 0. The van der Waals surface area contributed by atoms with Gasteiger partial charge in [-0.15, -0.1) is 0 Å². The van der Waals surface area contributed by atoms with E-state index < -0.39 is 0 Å². The minimum absolute atomic E-state index is 0.128.